The Bertz CT molecular complexity index is 131. The highest BCUT2D eigenvalue weighted by Gasteiger charge is 1.84. The summed E-state index contributed by atoms with van der Waals surface area (Å²) in [4.78, 5) is 9.80. The highest BCUT2D eigenvalue weighted by Crippen LogP contribution is 2.01. The molecule has 0 fully saturated rings. The molecule has 0 atom stereocenters. The largest absolute Gasteiger partial charge is 0.299 e. The molecule has 1 heteroatoms. The van der Waals surface area contributed by atoms with Crippen LogP contribution in [-0.2, 0) is 4.79 Å². The Morgan fingerprint density at radius 2 is 2.00 bits per heavy atom. The standard InChI is InChI=1S/C7H10O/c1-6(2)7(3)4-5-8/h4-5H,1H2,2-3H3/b7-4+. The molecule has 0 rings (SSSR count). The van der Waals surface area contributed by atoms with Gasteiger partial charge in [-0.1, -0.05) is 12.2 Å². The van der Waals surface area contributed by atoms with E-state index in [0.29, 0.717) is 0 Å². The summed E-state index contributed by atoms with van der Waals surface area (Å²) in [6.07, 6.45) is 2.27. The Kier molecular flexibility index (Phi) is 2.85. The van der Waals surface area contributed by atoms with Gasteiger partial charge in [-0.05, 0) is 25.5 Å². The summed E-state index contributed by atoms with van der Waals surface area (Å²) in [5, 5.41) is 0. The van der Waals surface area contributed by atoms with E-state index in [1.165, 1.54) is 6.08 Å². The monoisotopic (exact) mass is 110 g/mol. The first-order valence-corrected chi connectivity index (χ1v) is 2.46. The van der Waals surface area contributed by atoms with Gasteiger partial charge in [0.2, 0.25) is 0 Å². The van der Waals surface area contributed by atoms with E-state index in [0.717, 1.165) is 17.4 Å². The highest BCUT2D eigenvalue weighted by molar-refractivity contribution is 5.67. The van der Waals surface area contributed by atoms with Crippen LogP contribution in [0.1, 0.15) is 13.8 Å². The number of hydrogen-bond acceptors (Lipinski definition) is 1. The third-order valence-electron chi connectivity index (χ3n) is 0.991. The maximum atomic E-state index is 9.80. The first kappa shape index (κ1) is 7.15. The third-order valence-corrected chi connectivity index (χ3v) is 0.991. The van der Waals surface area contributed by atoms with Crippen molar-refractivity contribution in [1.82, 2.24) is 0 Å². The molecule has 0 aromatic carbocycles. The second-order valence-corrected chi connectivity index (χ2v) is 1.77. The van der Waals surface area contributed by atoms with Crippen LogP contribution in [0, 0.1) is 0 Å². The van der Waals surface area contributed by atoms with E-state index in [4.69, 9.17) is 0 Å². The van der Waals surface area contributed by atoms with E-state index in [1.807, 2.05) is 13.8 Å². The summed E-state index contributed by atoms with van der Waals surface area (Å²) in [7, 11) is 0. The molecule has 0 aliphatic rings. The molecule has 0 unspecified atom stereocenters. The number of rotatable bonds is 2. The molecular formula is C7H10O. The van der Waals surface area contributed by atoms with Gasteiger partial charge in [-0.15, -0.1) is 0 Å². The second-order valence-electron chi connectivity index (χ2n) is 1.77. The molecule has 0 radical (unpaired) electrons. The van der Waals surface area contributed by atoms with E-state index in [2.05, 4.69) is 6.58 Å². The Morgan fingerprint density at radius 1 is 1.50 bits per heavy atom. The molecule has 0 amide bonds. The highest BCUT2D eigenvalue weighted by atomic mass is 16.1. The summed E-state index contributed by atoms with van der Waals surface area (Å²) < 4.78 is 0. The van der Waals surface area contributed by atoms with Crippen molar-refractivity contribution in [3.63, 3.8) is 0 Å². The molecule has 0 aromatic rings. The van der Waals surface area contributed by atoms with Crippen molar-refractivity contribution in [2.45, 2.75) is 13.8 Å². The Balaban J connectivity index is 3.99. The molecule has 0 bridgehead atoms. The van der Waals surface area contributed by atoms with Crippen LogP contribution in [-0.4, -0.2) is 6.29 Å². The minimum absolute atomic E-state index is 0.768. The van der Waals surface area contributed by atoms with Gasteiger partial charge in [-0.25, -0.2) is 0 Å². The van der Waals surface area contributed by atoms with E-state index in [1.54, 1.807) is 0 Å². The lowest BCUT2D eigenvalue weighted by molar-refractivity contribution is -0.104. The lowest BCUT2D eigenvalue weighted by Crippen LogP contribution is -1.75. The molecule has 44 valence electrons. The van der Waals surface area contributed by atoms with Gasteiger partial charge in [-0.3, -0.25) is 4.79 Å². The van der Waals surface area contributed by atoms with E-state index in [-0.39, 0.29) is 0 Å². The molecule has 0 saturated heterocycles. The zero-order chi connectivity index (χ0) is 6.57. The van der Waals surface area contributed by atoms with Crippen molar-refractivity contribution in [2.75, 3.05) is 0 Å². The summed E-state index contributed by atoms with van der Waals surface area (Å²) in [6, 6.07) is 0. The molecule has 0 aliphatic heterocycles. The minimum atomic E-state index is 0.768. The van der Waals surface area contributed by atoms with E-state index in [9.17, 15) is 4.79 Å². The van der Waals surface area contributed by atoms with Crippen LogP contribution in [0.15, 0.2) is 23.8 Å². The first-order chi connectivity index (χ1) is 3.68. The average molecular weight is 110 g/mol. The van der Waals surface area contributed by atoms with Crippen LogP contribution in [0.3, 0.4) is 0 Å². The summed E-state index contributed by atoms with van der Waals surface area (Å²) in [6.45, 7) is 7.37. The molecule has 0 heterocycles. The SMILES string of the molecule is C=C(C)/C(C)=C/C=O. The number of aldehydes is 1. The summed E-state index contributed by atoms with van der Waals surface area (Å²) >= 11 is 0. The topological polar surface area (TPSA) is 17.1 Å². The fraction of sp³-hybridized carbons (Fsp3) is 0.286. The molecule has 0 N–H and O–H groups in total. The second kappa shape index (κ2) is 3.19. The zero-order valence-corrected chi connectivity index (χ0v) is 5.27. The predicted octanol–water partition coefficient (Wildman–Crippen LogP) is 1.71. The molecule has 0 saturated carbocycles. The average Bonchev–Trinajstić information content (AvgIpc) is 1.67. The van der Waals surface area contributed by atoms with Crippen LogP contribution < -0.4 is 0 Å². The van der Waals surface area contributed by atoms with Crippen molar-refractivity contribution < 1.29 is 4.79 Å². The Morgan fingerprint density at radius 3 is 2.12 bits per heavy atom. The maximum absolute atomic E-state index is 9.80. The summed E-state index contributed by atoms with van der Waals surface area (Å²) in [5.74, 6) is 0. The van der Waals surface area contributed by atoms with Gasteiger partial charge in [0.1, 0.15) is 6.29 Å². The molecular weight excluding hydrogens is 100 g/mol. The maximum Gasteiger partial charge on any atom is 0.143 e. The molecule has 0 spiro atoms. The van der Waals surface area contributed by atoms with Crippen molar-refractivity contribution >= 4 is 6.29 Å². The first-order valence-electron chi connectivity index (χ1n) is 2.46. The van der Waals surface area contributed by atoms with E-state index < -0.39 is 0 Å². The third kappa shape index (κ3) is 2.35. The van der Waals surface area contributed by atoms with Crippen LogP contribution in [0.25, 0.3) is 0 Å². The summed E-state index contributed by atoms with van der Waals surface area (Å²) in [5.41, 5.74) is 1.89. The normalized spacial score (nSPS) is 11.0. The Hall–Kier alpha value is -0.850. The van der Waals surface area contributed by atoms with Crippen LogP contribution in [0.4, 0.5) is 0 Å². The lowest BCUT2D eigenvalue weighted by Gasteiger charge is -1.91. The van der Waals surface area contributed by atoms with Gasteiger partial charge in [0.15, 0.2) is 0 Å². The van der Waals surface area contributed by atoms with Crippen molar-refractivity contribution in [2.24, 2.45) is 0 Å². The van der Waals surface area contributed by atoms with Gasteiger partial charge in [0.25, 0.3) is 0 Å². The predicted molar refractivity (Wildman–Crippen MR) is 34.6 cm³/mol. The molecule has 8 heavy (non-hydrogen) atoms. The van der Waals surface area contributed by atoms with Crippen LogP contribution in [0.2, 0.25) is 0 Å². The van der Waals surface area contributed by atoms with Gasteiger partial charge >= 0.3 is 0 Å². The van der Waals surface area contributed by atoms with Crippen LogP contribution in [0.5, 0.6) is 0 Å². The molecule has 1 nitrogen and oxygen atoms in total. The molecule has 0 aromatic heterocycles. The van der Waals surface area contributed by atoms with Gasteiger partial charge in [-0.2, -0.15) is 0 Å². The van der Waals surface area contributed by atoms with Gasteiger partial charge < -0.3 is 0 Å². The fourth-order valence-corrected chi connectivity index (χ4v) is 0.244. The Labute approximate surface area is 49.7 Å². The fourth-order valence-electron chi connectivity index (χ4n) is 0.244. The minimum Gasteiger partial charge on any atom is -0.299 e. The smallest absolute Gasteiger partial charge is 0.143 e. The van der Waals surface area contributed by atoms with Gasteiger partial charge in [0, 0.05) is 0 Å². The lowest BCUT2D eigenvalue weighted by atomic mass is 10.1. The number of carbonyl (C=O) groups excluding carboxylic acids is 1. The molecule has 0 aliphatic carbocycles. The number of allylic oxidation sites excluding steroid dienone is 3. The zero-order valence-electron chi connectivity index (χ0n) is 5.27. The number of hydrogen-bond donors (Lipinski definition) is 0. The van der Waals surface area contributed by atoms with Crippen LogP contribution >= 0.6 is 0 Å². The van der Waals surface area contributed by atoms with E-state index >= 15 is 0 Å². The van der Waals surface area contributed by atoms with Crippen molar-refractivity contribution in [1.29, 1.82) is 0 Å². The van der Waals surface area contributed by atoms with Crippen molar-refractivity contribution in [3.8, 4) is 0 Å². The van der Waals surface area contributed by atoms with Crippen molar-refractivity contribution in [3.05, 3.63) is 23.8 Å². The quantitative estimate of drug-likeness (QED) is 0.300. The van der Waals surface area contributed by atoms with Gasteiger partial charge in [0.05, 0.1) is 0 Å². The number of carbonyl (C=O) groups is 1.